The number of phosphoric ester groups is 1. The SMILES string of the molecule is CC/C=C\C/C=C\C/C=C\C/C=C\C/C=C\C/C=C\C/C=C\C/C=C\CCCCC(=O)OC(COC(=O)CCCCCCCCCCCCCCCCCCCCCCCCCCCCC)COP(=O)([O-])OCC[N+](C)(C)C. The summed E-state index contributed by atoms with van der Waals surface area (Å²) in [5, 5.41) is 0. The van der Waals surface area contributed by atoms with Crippen LogP contribution in [-0.4, -0.2) is 70.0 Å². The number of carbonyl (C=O) groups is 2. The Kier molecular flexibility index (Phi) is 56.3. The lowest BCUT2D eigenvalue weighted by Gasteiger charge is -2.28. The Labute approximate surface area is 481 Å². The molecule has 0 aromatic carbocycles. The summed E-state index contributed by atoms with van der Waals surface area (Å²) < 4.78 is 34.2. The zero-order chi connectivity index (χ0) is 57.0. The lowest BCUT2D eigenvalue weighted by atomic mass is 10.0. The number of likely N-dealkylation sites (N-methyl/N-ethyl adjacent to an activating group) is 1. The van der Waals surface area contributed by atoms with Gasteiger partial charge in [-0.15, -0.1) is 0 Å². The van der Waals surface area contributed by atoms with Gasteiger partial charge >= 0.3 is 11.9 Å². The second-order valence-electron chi connectivity index (χ2n) is 22.4. The molecule has 0 bridgehead atoms. The fourth-order valence-electron chi connectivity index (χ4n) is 8.73. The second kappa shape index (κ2) is 58.6. The summed E-state index contributed by atoms with van der Waals surface area (Å²) in [7, 11) is 1.13. The van der Waals surface area contributed by atoms with Crippen molar-refractivity contribution in [2.45, 2.75) is 277 Å². The highest BCUT2D eigenvalue weighted by Crippen LogP contribution is 2.38. The lowest BCUT2D eigenvalue weighted by Crippen LogP contribution is -2.37. The minimum absolute atomic E-state index is 0.0432. The number of rotatable bonds is 58. The van der Waals surface area contributed by atoms with Crippen molar-refractivity contribution >= 4 is 19.8 Å². The van der Waals surface area contributed by atoms with Gasteiger partial charge in [-0.25, -0.2) is 0 Å². The quantitative estimate of drug-likeness (QED) is 0.0195. The molecule has 0 aliphatic heterocycles. The summed E-state index contributed by atoms with van der Waals surface area (Å²) in [5.41, 5.74) is 0. The fourth-order valence-corrected chi connectivity index (χ4v) is 9.46. The van der Waals surface area contributed by atoms with Crippen molar-refractivity contribution in [3.8, 4) is 0 Å². The van der Waals surface area contributed by atoms with Gasteiger partial charge in [0.15, 0.2) is 6.10 Å². The number of unbranched alkanes of at least 4 members (excludes halogenated alkanes) is 28. The Balaban J connectivity index is 4.19. The van der Waals surface area contributed by atoms with E-state index in [1.807, 2.05) is 21.1 Å². The molecule has 2 atom stereocenters. The minimum Gasteiger partial charge on any atom is -0.756 e. The third-order valence-corrected chi connectivity index (χ3v) is 14.6. The Bertz CT molecular complexity index is 1640. The van der Waals surface area contributed by atoms with Crippen molar-refractivity contribution in [2.24, 2.45) is 0 Å². The first kappa shape index (κ1) is 74.9. The van der Waals surface area contributed by atoms with Crippen molar-refractivity contribution in [1.29, 1.82) is 0 Å². The molecule has 0 aliphatic carbocycles. The molecule has 0 saturated heterocycles. The van der Waals surface area contributed by atoms with E-state index in [4.69, 9.17) is 18.5 Å². The monoisotopic (exact) mass is 1110 g/mol. The largest absolute Gasteiger partial charge is 0.756 e. The molecule has 0 radical (unpaired) electrons. The van der Waals surface area contributed by atoms with Crippen LogP contribution in [0.15, 0.2) is 97.2 Å². The molecule has 450 valence electrons. The maximum absolute atomic E-state index is 12.8. The van der Waals surface area contributed by atoms with Crippen LogP contribution in [0.3, 0.4) is 0 Å². The molecule has 9 nitrogen and oxygen atoms in total. The van der Waals surface area contributed by atoms with E-state index in [1.165, 1.54) is 154 Å². The smallest absolute Gasteiger partial charge is 0.306 e. The Morgan fingerprint density at radius 1 is 0.410 bits per heavy atom. The van der Waals surface area contributed by atoms with E-state index in [1.54, 1.807) is 0 Å². The van der Waals surface area contributed by atoms with Gasteiger partial charge in [0.05, 0.1) is 27.7 Å². The maximum Gasteiger partial charge on any atom is 0.306 e. The number of nitrogens with zero attached hydrogens (tertiary/aromatic N) is 1. The number of phosphoric acid groups is 1. The highest BCUT2D eigenvalue weighted by molar-refractivity contribution is 7.45. The summed E-state index contributed by atoms with van der Waals surface area (Å²) >= 11 is 0. The first-order chi connectivity index (χ1) is 38.0. The molecule has 0 rings (SSSR count). The molecule has 0 saturated carbocycles. The molecule has 0 aromatic rings. The number of hydrogen-bond acceptors (Lipinski definition) is 8. The summed E-state index contributed by atoms with van der Waals surface area (Å²) in [4.78, 5) is 37.9. The summed E-state index contributed by atoms with van der Waals surface area (Å²) in [6, 6.07) is 0. The van der Waals surface area contributed by atoms with Crippen LogP contribution >= 0.6 is 7.82 Å². The molecule has 0 spiro atoms. The molecule has 2 unspecified atom stereocenters. The average molecular weight is 1110 g/mol. The van der Waals surface area contributed by atoms with Gasteiger partial charge in [0.1, 0.15) is 19.8 Å². The third-order valence-electron chi connectivity index (χ3n) is 13.6. The van der Waals surface area contributed by atoms with E-state index >= 15 is 0 Å². The van der Waals surface area contributed by atoms with Gasteiger partial charge in [0.25, 0.3) is 7.82 Å². The van der Waals surface area contributed by atoms with E-state index in [9.17, 15) is 19.0 Å². The first-order valence-electron chi connectivity index (χ1n) is 31.9. The van der Waals surface area contributed by atoms with Gasteiger partial charge < -0.3 is 27.9 Å². The van der Waals surface area contributed by atoms with Gasteiger partial charge in [-0.3, -0.25) is 14.2 Å². The molecule has 0 aromatic heterocycles. The van der Waals surface area contributed by atoms with Gasteiger partial charge in [-0.1, -0.05) is 278 Å². The number of esters is 2. The van der Waals surface area contributed by atoms with Crippen LogP contribution in [0.4, 0.5) is 0 Å². The Morgan fingerprint density at radius 3 is 1.09 bits per heavy atom. The molecular formula is C68H120NO8P. The van der Waals surface area contributed by atoms with Crippen LogP contribution in [-0.2, 0) is 32.7 Å². The van der Waals surface area contributed by atoms with E-state index in [-0.39, 0.29) is 26.1 Å². The highest BCUT2D eigenvalue weighted by atomic mass is 31.2. The number of ether oxygens (including phenoxy) is 2. The minimum atomic E-state index is -4.66. The van der Waals surface area contributed by atoms with Crippen LogP contribution < -0.4 is 4.89 Å². The number of hydrogen-bond donors (Lipinski definition) is 0. The Hall–Kier alpha value is -3.07. The van der Waals surface area contributed by atoms with Crippen LogP contribution in [0.5, 0.6) is 0 Å². The molecule has 78 heavy (non-hydrogen) atoms. The topological polar surface area (TPSA) is 111 Å². The average Bonchev–Trinajstić information content (AvgIpc) is 3.41. The van der Waals surface area contributed by atoms with Crippen LogP contribution in [0.25, 0.3) is 0 Å². The number of carbonyl (C=O) groups excluding carboxylic acids is 2. The normalized spacial score (nSPS) is 13.9. The van der Waals surface area contributed by atoms with Gasteiger partial charge in [-0.2, -0.15) is 0 Å². The third kappa shape index (κ3) is 62.1. The molecular weight excluding hydrogens is 990 g/mol. The first-order valence-corrected chi connectivity index (χ1v) is 33.4. The van der Waals surface area contributed by atoms with E-state index in [0.29, 0.717) is 17.4 Å². The van der Waals surface area contributed by atoms with E-state index < -0.39 is 32.5 Å². The van der Waals surface area contributed by atoms with Crippen LogP contribution in [0.1, 0.15) is 271 Å². The summed E-state index contributed by atoms with van der Waals surface area (Å²) in [5.74, 6) is -0.881. The number of quaternary nitrogens is 1. The zero-order valence-electron chi connectivity index (χ0n) is 51.1. The maximum atomic E-state index is 12.8. The predicted octanol–water partition coefficient (Wildman–Crippen LogP) is 19.7. The van der Waals surface area contributed by atoms with Crippen molar-refractivity contribution < 1.29 is 42.1 Å². The molecule has 0 aliphatic rings. The summed E-state index contributed by atoms with van der Waals surface area (Å²) in [6.45, 7) is 4.10. The van der Waals surface area contributed by atoms with E-state index in [2.05, 4.69) is 111 Å². The molecule has 0 amide bonds. The van der Waals surface area contributed by atoms with Gasteiger partial charge in [0.2, 0.25) is 0 Å². The van der Waals surface area contributed by atoms with Gasteiger partial charge in [0, 0.05) is 12.8 Å². The van der Waals surface area contributed by atoms with Crippen molar-refractivity contribution in [2.75, 3.05) is 47.5 Å². The predicted molar refractivity (Wildman–Crippen MR) is 332 cm³/mol. The second-order valence-corrected chi connectivity index (χ2v) is 23.8. The fraction of sp³-hybridized carbons (Fsp3) is 0.735. The molecule has 10 heteroatoms. The van der Waals surface area contributed by atoms with E-state index in [0.717, 1.165) is 83.5 Å². The van der Waals surface area contributed by atoms with Crippen molar-refractivity contribution in [3.05, 3.63) is 97.2 Å². The van der Waals surface area contributed by atoms with Crippen molar-refractivity contribution in [1.82, 2.24) is 0 Å². The number of allylic oxidation sites excluding steroid dienone is 16. The molecule has 0 N–H and O–H groups in total. The lowest BCUT2D eigenvalue weighted by molar-refractivity contribution is -0.870. The van der Waals surface area contributed by atoms with Crippen LogP contribution in [0.2, 0.25) is 0 Å². The standard InChI is InChI=1S/C68H120NO8P/c1-6-8-10-12-14-16-18-20-22-24-26-28-30-32-34-36-38-40-42-44-46-48-50-52-54-56-58-60-67(70)74-64-66(65-76-78(72,73)75-63-62-69(3,4)5)77-68(71)61-59-57-55-53-51-49-47-45-43-41-39-37-35-33-31-29-27-25-23-21-19-17-15-13-11-9-7-2/h9,11,15,17,21,23,27,29,33,35,39,41,45,47,51,53,66H,6-8,10,12-14,16,18-20,22,24-26,28,30-32,34,36-38,40,42-44,46,48-50,52,54-65H2,1-5H3/b11-9-,17-15-,23-21-,29-27-,35-33-,41-39-,47-45-,53-51-. The Morgan fingerprint density at radius 2 is 0.731 bits per heavy atom. The van der Waals surface area contributed by atoms with Gasteiger partial charge in [-0.05, 0) is 77.0 Å². The summed E-state index contributed by atoms with van der Waals surface area (Å²) in [6.07, 6.45) is 80.5. The molecule has 0 fully saturated rings. The zero-order valence-corrected chi connectivity index (χ0v) is 52.0. The molecule has 0 heterocycles. The van der Waals surface area contributed by atoms with Crippen molar-refractivity contribution in [3.63, 3.8) is 0 Å². The van der Waals surface area contributed by atoms with Crippen LogP contribution in [0, 0.1) is 0 Å². The highest BCUT2D eigenvalue weighted by Gasteiger charge is 2.22.